The molecule has 5 nitrogen and oxygen atoms in total. The minimum Gasteiger partial charge on any atom is -0.460 e. The zero-order valence-electron chi connectivity index (χ0n) is 12.2. The highest BCUT2D eigenvalue weighted by atomic mass is 32.2. The molecule has 7 heteroatoms. The van der Waals surface area contributed by atoms with E-state index in [2.05, 4.69) is 0 Å². The van der Waals surface area contributed by atoms with Crippen molar-refractivity contribution in [1.29, 1.82) is 0 Å². The molecule has 0 radical (unpaired) electrons. The van der Waals surface area contributed by atoms with Crippen LogP contribution in [0.15, 0.2) is 29.2 Å². The molecular weight excluding hydrogens is 296 g/mol. The van der Waals surface area contributed by atoms with Crippen LogP contribution >= 0.6 is 11.8 Å². The normalized spacial score (nSPS) is 11.4. The van der Waals surface area contributed by atoms with Crippen LogP contribution < -0.4 is 0 Å². The molecule has 20 heavy (non-hydrogen) atoms. The predicted molar refractivity (Wildman–Crippen MR) is 79.6 cm³/mol. The first kappa shape index (κ1) is 17.2. The Labute approximate surface area is 124 Å². The molecule has 0 amide bonds. The molecule has 0 heterocycles. The van der Waals surface area contributed by atoms with Gasteiger partial charge in [-0.1, -0.05) is 17.7 Å². The molecule has 0 aliphatic carbocycles. The number of rotatable bonds is 8. The van der Waals surface area contributed by atoms with Crippen LogP contribution in [0, 0.1) is 6.92 Å². The molecule has 1 aromatic carbocycles. The van der Waals surface area contributed by atoms with Crippen LogP contribution in [0.1, 0.15) is 5.56 Å². The van der Waals surface area contributed by atoms with Crippen LogP contribution in [-0.4, -0.2) is 48.1 Å². The lowest BCUT2D eigenvalue weighted by Crippen LogP contribution is -2.48. The fraction of sp³-hybridized carbons (Fsp3) is 0.462. The van der Waals surface area contributed by atoms with Gasteiger partial charge in [0.15, 0.2) is 6.23 Å². The summed E-state index contributed by atoms with van der Waals surface area (Å²) in [7, 11) is 1.59. The second-order valence-corrected chi connectivity index (χ2v) is 7.99. The van der Waals surface area contributed by atoms with E-state index in [4.69, 9.17) is 18.0 Å². The van der Waals surface area contributed by atoms with Gasteiger partial charge < -0.3 is 18.0 Å². The Morgan fingerprint density at radius 1 is 1.10 bits per heavy atom. The smallest absolute Gasteiger partial charge is 0.460 e. The molecule has 0 unspecified atom stereocenters. The zero-order valence-corrected chi connectivity index (χ0v) is 14.0. The van der Waals surface area contributed by atoms with Crippen molar-refractivity contribution < 1.29 is 22.8 Å². The van der Waals surface area contributed by atoms with Crippen molar-refractivity contribution in [1.82, 2.24) is 0 Å². The summed E-state index contributed by atoms with van der Waals surface area (Å²) >= 11 is 1.43. The highest BCUT2D eigenvalue weighted by molar-refractivity contribution is 8.00. The van der Waals surface area contributed by atoms with E-state index in [1.54, 1.807) is 0 Å². The molecule has 0 aliphatic rings. The Hall–Kier alpha value is -0.863. The number of ether oxygens (including phenoxy) is 1. The van der Waals surface area contributed by atoms with Gasteiger partial charge in [0.25, 0.3) is 0 Å². The van der Waals surface area contributed by atoms with Crippen LogP contribution in [0.3, 0.4) is 0 Å². The maximum absolute atomic E-state index is 11.7. The minimum atomic E-state index is -2.85. The van der Waals surface area contributed by atoms with Gasteiger partial charge in [-0.2, -0.15) is 0 Å². The molecule has 112 valence electrons. The number of esters is 1. The third kappa shape index (κ3) is 5.26. The Morgan fingerprint density at radius 2 is 1.65 bits per heavy atom. The quantitative estimate of drug-likeness (QED) is 0.416. The van der Waals surface area contributed by atoms with E-state index in [1.165, 1.54) is 38.7 Å². The van der Waals surface area contributed by atoms with Crippen molar-refractivity contribution in [2.45, 2.75) is 11.8 Å². The number of aryl methyl sites for hydroxylation is 1. The van der Waals surface area contributed by atoms with Crippen LogP contribution in [0.2, 0.25) is 0 Å². The monoisotopic (exact) mass is 316 g/mol. The second kappa shape index (κ2) is 8.43. The molecule has 0 spiro atoms. The molecule has 1 aromatic rings. The molecule has 0 saturated carbocycles. The molecule has 0 atom stereocenters. The second-order valence-electron chi connectivity index (χ2n) is 4.06. The van der Waals surface area contributed by atoms with Gasteiger partial charge in [0.2, 0.25) is 0 Å². The number of carbonyl (C=O) groups excluding carboxylic acids is 1. The average Bonchev–Trinajstić information content (AvgIpc) is 2.48. The van der Waals surface area contributed by atoms with E-state index in [-0.39, 0.29) is 18.0 Å². The summed E-state index contributed by atoms with van der Waals surface area (Å²) in [6, 6.07) is 7.97. The van der Waals surface area contributed by atoms with E-state index < -0.39 is 8.80 Å². The van der Waals surface area contributed by atoms with Crippen LogP contribution in [0.25, 0.3) is 0 Å². The third-order valence-corrected chi connectivity index (χ3v) is 6.07. The predicted octanol–water partition coefficient (Wildman–Crippen LogP) is 2.05. The number of benzene rings is 1. The summed E-state index contributed by atoms with van der Waals surface area (Å²) in [6.45, 7) is 2.02. The fourth-order valence-corrected chi connectivity index (χ4v) is 3.30. The molecular formula is C13H20O5SSi. The van der Waals surface area contributed by atoms with Crippen molar-refractivity contribution in [3.05, 3.63) is 29.8 Å². The Morgan fingerprint density at radius 3 is 2.15 bits per heavy atom. The van der Waals surface area contributed by atoms with Crippen molar-refractivity contribution in [2.75, 3.05) is 33.3 Å². The maximum Gasteiger partial charge on any atom is 0.539 e. The summed E-state index contributed by atoms with van der Waals surface area (Å²) < 4.78 is 20.7. The van der Waals surface area contributed by atoms with Crippen molar-refractivity contribution >= 4 is 26.5 Å². The number of thioether (sulfide) groups is 1. The number of hydrogen-bond acceptors (Lipinski definition) is 6. The first-order valence-electron chi connectivity index (χ1n) is 6.06. The Balaban J connectivity index is 2.38. The number of hydrogen-bond donors (Lipinski definition) is 0. The molecule has 0 aromatic heterocycles. The Bertz CT molecular complexity index is 411. The van der Waals surface area contributed by atoms with Gasteiger partial charge in [0.1, 0.15) is 0 Å². The van der Waals surface area contributed by atoms with Gasteiger partial charge in [0.05, 0.1) is 5.75 Å². The van der Waals surface area contributed by atoms with E-state index in [9.17, 15) is 4.79 Å². The zero-order chi connectivity index (χ0) is 15.0. The fourth-order valence-electron chi connectivity index (χ4n) is 1.41. The lowest BCUT2D eigenvalue weighted by Gasteiger charge is -2.23. The third-order valence-electron chi connectivity index (χ3n) is 2.72. The molecule has 1 rings (SSSR count). The number of carbonyl (C=O) groups is 1. The maximum atomic E-state index is 11.7. The van der Waals surface area contributed by atoms with Gasteiger partial charge in [-0.05, 0) is 19.1 Å². The summed E-state index contributed by atoms with van der Waals surface area (Å²) in [5.41, 5.74) is 1.19. The highest BCUT2D eigenvalue weighted by Gasteiger charge is 2.40. The SMILES string of the molecule is CO[Si](COC(=O)CSc1ccc(C)cc1)(OC)OC. The van der Waals surface area contributed by atoms with E-state index in [1.807, 2.05) is 31.2 Å². The summed E-state index contributed by atoms with van der Waals surface area (Å²) in [4.78, 5) is 12.7. The standard InChI is InChI=1S/C13H20O5SSi/c1-11-5-7-12(8-6-11)19-9-13(14)18-10-20(15-2,16-3)17-4/h5-8H,9-10H2,1-4H3. The van der Waals surface area contributed by atoms with Crippen molar-refractivity contribution in [3.8, 4) is 0 Å². The minimum absolute atomic E-state index is 0.0176. The summed E-state index contributed by atoms with van der Waals surface area (Å²) in [5.74, 6) is -0.0800. The Kier molecular flexibility index (Phi) is 7.24. The van der Waals surface area contributed by atoms with Crippen LogP contribution in [0.5, 0.6) is 0 Å². The van der Waals surface area contributed by atoms with E-state index in [0.29, 0.717) is 0 Å². The highest BCUT2D eigenvalue weighted by Crippen LogP contribution is 2.18. The van der Waals surface area contributed by atoms with E-state index >= 15 is 0 Å². The first-order valence-corrected chi connectivity index (χ1v) is 8.97. The molecule has 0 fully saturated rings. The van der Waals surface area contributed by atoms with Crippen molar-refractivity contribution in [2.24, 2.45) is 0 Å². The van der Waals surface area contributed by atoms with Gasteiger partial charge in [-0.25, -0.2) is 0 Å². The lowest BCUT2D eigenvalue weighted by molar-refractivity contribution is -0.140. The lowest BCUT2D eigenvalue weighted by atomic mass is 10.2. The van der Waals surface area contributed by atoms with Crippen LogP contribution in [0.4, 0.5) is 0 Å². The van der Waals surface area contributed by atoms with E-state index in [0.717, 1.165) is 4.90 Å². The van der Waals surface area contributed by atoms with Gasteiger partial charge in [-0.15, -0.1) is 11.8 Å². The molecule has 0 aliphatic heterocycles. The van der Waals surface area contributed by atoms with Crippen LogP contribution in [-0.2, 0) is 22.8 Å². The molecule has 0 N–H and O–H groups in total. The summed E-state index contributed by atoms with van der Waals surface area (Å²) in [6.07, 6.45) is 0.0176. The van der Waals surface area contributed by atoms with Gasteiger partial charge in [-0.3, -0.25) is 4.79 Å². The first-order chi connectivity index (χ1) is 9.55. The topological polar surface area (TPSA) is 54.0 Å². The largest absolute Gasteiger partial charge is 0.539 e. The molecule has 0 bridgehead atoms. The average molecular weight is 316 g/mol. The van der Waals surface area contributed by atoms with Crippen molar-refractivity contribution in [3.63, 3.8) is 0 Å². The summed E-state index contributed by atoms with van der Waals surface area (Å²) in [5, 5.41) is 0. The van der Waals surface area contributed by atoms with Gasteiger partial charge in [0, 0.05) is 26.2 Å². The molecule has 0 saturated heterocycles. The van der Waals surface area contributed by atoms with Gasteiger partial charge >= 0.3 is 14.8 Å².